The van der Waals surface area contributed by atoms with Gasteiger partial charge in [-0.15, -0.1) is 23.1 Å². The molecular weight excluding hydrogens is 422 g/mol. The van der Waals surface area contributed by atoms with Gasteiger partial charge < -0.3 is 20.1 Å². The summed E-state index contributed by atoms with van der Waals surface area (Å²) in [5.74, 6) is 1.42. The third kappa shape index (κ3) is 5.11. The second-order valence-corrected chi connectivity index (χ2v) is 8.40. The first-order valence-corrected chi connectivity index (χ1v) is 11.2. The fourth-order valence-corrected chi connectivity index (χ4v) is 4.10. The molecule has 0 saturated heterocycles. The third-order valence-corrected chi connectivity index (χ3v) is 5.91. The van der Waals surface area contributed by atoms with Crippen molar-refractivity contribution in [3.8, 4) is 22.8 Å². The lowest BCUT2D eigenvalue weighted by atomic mass is 10.1. The van der Waals surface area contributed by atoms with E-state index in [1.165, 1.54) is 23.1 Å². The van der Waals surface area contributed by atoms with Crippen molar-refractivity contribution in [1.82, 2.24) is 4.98 Å². The van der Waals surface area contributed by atoms with Crippen LogP contribution < -0.4 is 20.1 Å². The van der Waals surface area contributed by atoms with E-state index in [-0.39, 0.29) is 30.1 Å². The van der Waals surface area contributed by atoms with E-state index >= 15 is 0 Å². The maximum Gasteiger partial charge on any atom is 0.236 e. The number of anilines is 2. The number of hydrogen-bond donors (Lipinski definition) is 2. The van der Waals surface area contributed by atoms with Gasteiger partial charge in [0.05, 0.1) is 17.2 Å². The summed E-state index contributed by atoms with van der Waals surface area (Å²) in [5.41, 5.74) is 3.51. The lowest BCUT2D eigenvalue weighted by Gasteiger charge is -2.05. The number of nitrogens with one attached hydrogen (secondary N) is 2. The van der Waals surface area contributed by atoms with Gasteiger partial charge in [0, 0.05) is 16.6 Å². The van der Waals surface area contributed by atoms with Crippen molar-refractivity contribution in [2.24, 2.45) is 0 Å². The largest absolute Gasteiger partial charge is 0.454 e. The number of carbonyl (C=O) groups is 2. The molecule has 0 bridgehead atoms. The smallest absolute Gasteiger partial charge is 0.236 e. The number of ether oxygens (including phenoxy) is 2. The number of aromatic nitrogens is 1. The van der Waals surface area contributed by atoms with E-state index in [0.717, 1.165) is 22.5 Å². The molecule has 7 nitrogen and oxygen atoms in total. The quantitative estimate of drug-likeness (QED) is 0.572. The summed E-state index contributed by atoms with van der Waals surface area (Å²) in [6.07, 6.45) is 0. The minimum atomic E-state index is -0.199. The zero-order chi connectivity index (χ0) is 20.9. The van der Waals surface area contributed by atoms with Gasteiger partial charge in [0.15, 0.2) is 16.6 Å². The van der Waals surface area contributed by atoms with Gasteiger partial charge in [0.25, 0.3) is 0 Å². The summed E-state index contributed by atoms with van der Waals surface area (Å²) in [4.78, 5) is 28.6. The maximum atomic E-state index is 12.2. The summed E-state index contributed by atoms with van der Waals surface area (Å²) < 4.78 is 10.7. The molecule has 0 spiro atoms. The predicted molar refractivity (Wildman–Crippen MR) is 119 cm³/mol. The molecular formula is C21H19N3O4S2. The van der Waals surface area contributed by atoms with Crippen molar-refractivity contribution in [1.29, 1.82) is 0 Å². The van der Waals surface area contributed by atoms with E-state index in [1.807, 2.05) is 54.8 Å². The number of amides is 2. The van der Waals surface area contributed by atoms with E-state index in [0.29, 0.717) is 16.6 Å². The molecule has 0 saturated carbocycles. The van der Waals surface area contributed by atoms with Gasteiger partial charge in [-0.2, -0.15) is 0 Å². The Kier molecular flexibility index (Phi) is 6.20. The van der Waals surface area contributed by atoms with Gasteiger partial charge >= 0.3 is 0 Å². The van der Waals surface area contributed by atoms with Crippen LogP contribution in [0.25, 0.3) is 11.3 Å². The molecule has 0 atom stereocenters. The predicted octanol–water partition coefficient (Wildman–Crippen LogP) is 4.16. The van der Waals surface area contributed by atoms with Gasteiger partial charge in [-0.05, 0) is 37.3 Å². The van der Waals surface area contributed by atoms with Gasteiger partial charge in [-0.25, -0.2) is 4.98 Å². The molecule has 0 aliphatic carbocycles. The van der Waals surface area contributed by atoms with Crippen LogP contribution in [-0.2, 0) is 9.59 Å². The number of benzene rings is 2. The average molecular weight is 442 g/mol. The van der Waals surface area contributed by atoms with Crippen LogP contribution in [0.3, 0.4) is 0 Å². The number of aryl methyl sites for hydroxylation is 1. The van der Waals surface area contributed by atoms with Crippen LogP contribution in [0.4, 0.5) is 10.8 Å². The molecule has 154 valence electrons. The molecule has 0 radical (unpaired) electrons. The number of thiazole rings is 1. The fourth-order valence-electron chi connectivity index (χ4n) is 2.75. The standard InChI is InChI=1S/C21H19N3O4S2/c1-13-2-5-15(6-3-13)22-19(25)10-29-11-20(26)24-21-23-16(9-30-21)14-4-7-17-18(8-14)28-12-27-17/h2-9H,10-12H2,1H3,(H,22,25)(H,23,24,26). The van der Waals surface area contributed by atoms with E-state index in [4.69, 9.17) is 9.47 Å². The molecule has 4 rings (SSSR count). The van der Waals surface area contributed by atoms with Crippen LogP contribution in [0.5, 0.6) is 11.5 Å². The van der Waals surface area contributed by atoms with Crippen molar-refractivity contribution >= 4 is 45.7 Å². The fraction of sp³-hybridized carbons (Fsp3) is 0.190. The maximum absolute atomic E-state index is 12.2. The number of nitrogens with zero attached hydrogens (tertiary/aromatic N) is 1. The Labute approximate surface area is 181 Å². The van der Waals surface area contributed by atoms with E-state index in [9.17, 15) is 9.59 Å². The molecule has 2 N–H and O–H groups in total. The average Bonchev–Trinajstić information content (AvgIpc) is 3.38. The Morgan fingerprint density at radius 3 is 2.57 bits per heavy atom. The summed E-state index contributed by atoms with van der Waals surface area (Å²) in [7, 11) is 0. The van der Waals surface area contributed by atoms with Crippen molar-refractivity contribution in [3.05, 3.63) is 53.4 Å². The highest BCUT2D eigenvalue weighted by Gasteiger charge is 2.15. The molecule has 0 unspecified atom stereocenters. The number of thioether (sulfide) groups is 1. The van der Waals surface area contributed by atoms with Crippen LogP contribution in [0.15, 0.2) is 47.8 Å². The Bertz CT molecular complexity index is 1070. The van der Waals surface area contributed by atoms with Crippen LogP contribution >= 0.6 is 23.1 Å². The third-order valence-electron chi connectivity index (χ3n) is 4.22. The minimum absolute atomic E-state index is 0.143. The van der Waals surface area contributed by atoms with E-state index in [2.05, 4.69) is 15.6 Å². The number of carbonyl (C=O) groups excluding carboxylic acids is 2. The lowest BCUT2D eigenvalue weighted by Crippen LogP contribution is -2.18. The summed E-state index contributed by atoms with van der Waals surface area (Å²) in [6.45, 7) is 2.21. The Morgan fingerprint density at radius 2 is 1.77 bits per heavy atom. The second-order valence-electron chi connectivity index (χ2n) is 6.56. The van der Waals surface area contributed by atoms with Gasteiger partial charge in [-0.1, -0.05) is 17.7 Å². The SMILES string of the molecule is Cc1ccc(NC(=O)CSCC(=O)Nc2nc(-c3ccc4c(c3)OCO4)cs2)cc1. The van der Waals surface area contributed by atoms with E-state index < -0.39 is 0 Å². The van der Waals surface area contributed by atoms with Crippen molar-refractivity contribution in [2.75, 3.05) is 28.9 Å². The molecule has 1 aromatic heterocycles. The lowest BCUT2D eigenvalue weighted by molar-refractivity contribution is -0.114. The highest BCUT2D eigenvalue weighted by Crippen LogP contribution is 2.36. The monoisotopic (exact) mass is 441 g/mol. The molecule has 2 amide bonds. The Hall–Kier alpha value is -3.04. The van der Waals surface area contributed by atoms with Crippen LogP contribution in [0.2, 0.25) is 0 Å². The second kappa shape index (κ2) is 9.19. The Morgan fingerprint density at radius 1 is 1.03 bits per heavy atom. The van der Waals surface area contributed by atoms with Crippen LogP contribution in [0.1, 0.15) is 5.56 Å². The molecule has 30 heavy (non-hydrogen) atoms. The molecule has 0 fully saturated rings. The van der Waals surface area contributed by atoms with E-state index in [1.54, 1.807) is 0 Å². The molecule has 1 aliphatic heterocycles. The van der Waals surface area contributed by atoms with Crippen LogP contribution in [0, 0.1) is 6.92 Å². The highest BCUT2D eigenvalue weighted by molar-refractivity contribution is 8.00. The topological polar surface area (TPSA) is 89.6 Å². The highest BCUT2D eigenvalue weighted by atomic mass is 32.2. The van der Waals surface area contributed by atoms with Crippen molar-refractivity contribution in [2.45, 2.75) is 6.92 Å². The Balaban J connectivity index is 1.23. The number of rotatable bonds is 7. The summed E-state index contributed by atoms with van der Waals surface area (Å²) >= 11 is 2.60. The van der Waals surface area contributed by atoms with Gasteiger partial charge in [-0.3, -0.25) is 9.59 Å². The first-order chi connectivity index (χ1) is 14.6. The number of fused-ring (bicyclic) bond motifs is 1. The summed E-state index contributed by atoms with van der Waals surface area (Å²) in [5, 5.41) is 7.97. The summed E-state index contributed by atoms with van der Waals surface area (Å²) in [6, 6.07) is 13.2. The minimum Gasteiger partial charge on any atom is -0.454 e. The molecule has 2 heterocycles. The normalized spacial score (nSPS) is 11.9. The first-order valence-electron chi connectivity index (χ1n) is 9.16. The first kappa shape index (κ1) is 20.2. The number of hydrogen-bond acceptors (Lipinski definition) is 7. The zero-order valence-electron chi connectivity index (χ0n) is 16.1. The van der Waals surface area contributed by atoms with Gasteiger partial charge in [0.2, 0.25) is 18.6 Å². The molecule has 3 aromatic rings. The zero-order valence-corrected chi connectivity index (χ0v) is 17.8. The molecule has 1 aliphatic rings. The molecule has 9 heteroatoms. The van der Waals surface area contributed by atoms with Gasteiger partial charge in [0.1, 0.15) is 0 Å². The molecule has 2 aromatic carbocycles. The van der Waals surface area contributed by atoms with Crippen molar-refractivity contribution in [3.63, 3.8) is 0 Å². The van der Waals surface area contributed by atoms with Crippen LogP contribution in [-0.4, -0.2) is 35.1 Å². The van der Waals surface area contributed by atoms with Crippen molar-refractivity contribution < 1.29 is 19.1 Å².